The molecule has 0 bridgehead atoms. The van der Waals surface area contributed by atoms with Crippen molar-refractivity contribution in [1.29, 1.82) is 0 Å². The average Bonchev–Trinajstić information content (AvgIpc) is 3.29. The molecule has 0 fully saturated rings. The first kappa shape index (κ1) is 18.2. The number of fused-ring (bicyclic) bond motifs is 1. The fourth-order valence-corrected chi connectivity index (χ4v) is 5.83. The molecule has 3 heterocycles. The van der Waals surface area contributed by atoms with Gasteiger partial charge in [0, 0.05) is 22.5 Å². The first-order valence-corrected chi connectivity index (χ1v) is 11.5. The van der Waals surface area contributed by atoms with Gasteiger partial charge in [0.05, 0.1) is 16.1 Å². The third-order valence-electron chi connectivity index (χ3n) is 4.16. The number of thiophene rings is 1. The van der Waals surface area contributed by atoms with E-state index in [1.807, 2.05) is 49.6 Å². The van der Waals surface area contributed by atoms with E-state index in [2.05, 4.69) is 14.7 Å². The normalized spacial score (nSPS) is 11.9. The van der Waals surface area contributed by atoms with Crippen molar-refractivity contribution >= 4 is 43.6 Å². The highest BCUT2D eigenvalue weighted by molar-refractivity contribution is 7.89. The lowest BCUT2D eigenvalue weighted by molar-refractivity contribution is 0.582. The molecule has 1 aromatic carbocycles. The van der Waals surface area contributed by atoms with E-state index in [0.717, 1.165) is 31.5 Å². The standard InChI is InChI=1S/C19H17N3O2S3/c1-12-8-9-14-5-3-7-17(18(14)21-12)27(23,24)20-11-16-13(2)22-19(26-16)15-6-4-10-25-15/h3-10,20H,11H2,1-2H3. The van der Waals surface area contributed by atoms with Gasteiger partial charge < -0.3 is 0 Å². The number of pyridine rings is 1. The van der Waals surface area contributed by atoms with Crippen LogP contribution in [0.3, 0.4) is 0 Å². The molecule has 0 saturated carbocycles. The average molecular weight is 416 g/mol. The Kier molecular flexibility index (Phi) is 4.81. The maximum Gasteiger partial charge on any atom is 0.243 e. The Bertz CT molecular complexity index is 1210. The summed E-state index contributed by atoms with van der Waals surface area (Å²) in [6, 6.07) is 12.9. The molecule has 0 saturated heterocycles. The van der Waals surface area contributed by atoms with Gasteiger partial charge in [-0.2, -0.15) is 0 Å². The Morgan fingerprint density at radius 2 is 1.89 bits per heavy atom. The maximum absolute atomic E-state index is 12.9. The Hall–Kier alpha value is -2.13. The summed E-state index contributed by atoms with van der Waals surface area (Å²) in [5.41, 5.74) is 2.12. The third-order valence-corrected chi connectivity index (χ3v) is 7.79. The number of aryl methyl sites for hydroxylation is 2. The van der Waals surface area contributed by atoms with Crippen molar-refractivity contribution in [2.24, 2.45) is 0 Å². The molecule has 1 N–H and O–H groups in total. The number of nitrogens with one attached hydrogen (secondary N) is 1. The van der Waals surface area contributed by atoms with Gasteiger partial charge in [0.25, 0.3) is 0 Å². The van der Waals surface area contributed by atoms with Crippen molar-refractivity contribution in [1.82, 2.24) is 14.7 Å². The van der Waals surface area contributed by atoms with Crippen LogP contribution < -0.4 is 4.72 Å². The van der Waals surface area contributed by atoms with Gasteiger partial charge in [-0.05, 0) is 37.4 Å². The molecule has 0 aliphatic rings. The second-order valence-electron chi connectivity index (χ2n) is 6.11. The number of rotatable bonds is 5. The number of sulfonamides is 1. The summed E-state index contributed by atoms with van der Waals surface area (Å²) in [5, 5.41) is 3.72. The summed E-state index contributed by atoms with van der Waals surface area (Å²) in [6.07, 6.45) is 0. The third kappa shape index (κ3) is 3.66. The van der Waals surface area contributed by atoms with Crippen molar-refractivity contribution in [3.63, 3.8) is 0 Å². The van der Waals surface area contributed by atoms with Crippen molar-refractivity contribution in [3.05, 3.63) is 64.1 Å². The summed E-state index contributed by atoms with van der Waals surface area (Å²) < 4.78 is 28.5. The molecule has 4 aromatic rings. The molecule has 138 valence electrons. The molecule has 8 heteroatoms. The second kappa shape index (κ2) is 7.12. The van der Waals surface area contributed by atoms with Crippen LogP contribution in [0.25, 0.3) is 20.8 Å². The monoisotopic (exact) mass is 415 g/mol. The zero-order valence-corrected chi connectivity index (χ0v) is 17.2. The molecule has 27 heavy (non-hydrogen) atoms. The van der Waals surface area contributed by atoms with Gasteiger partial charge in [-0.25, -0.2) is 18.1 Å². The van der Waals surface area contributed by atoms with Gasteiger partial charge in [0.2, 0.25) is 10.0 Å². The summed E-state index contributed by atoms with van der Waals surface area (Å²) in [7, 11) is -3.69. The lowest BCUT2D eigenvalue weighted by Crippen LogP contribution is -2.23. The summed E-state index contributed by atoms with van der Waals surface area (Å²) in [4.78, 5) is 11.2. The topological polar surface area (TPSA) is 72.0 Å². The Morgan fingerprint density at radius 1 is 1.04 bits per heavy atom. The van der Waals surface area contributed by atoms with Gasteiger partial charge in [0.1, 0.15) is 9.90 Å². The van der Waals surface area contributed by atoms with Gasteiger partial charge in [-0.3, -0.25) is 4.98 Å². The van der Waals surface area contributed by atoms with E-state index in [1.165, 1.54) is 11.3 Å². The Morgan fingerprint density at radius 3 is 2.67 bits per heavy atom. The van der Waals surface area contributed by atoms with Crippen LogP contribution in [-0.2, 0) is 16.6 Å². The number of para-hydroxylation sites is 1. The van der Waals surface area contributed by atoms with Gasteiger partial charge in [-0.15, -0.1) is 22.7 Å². The highest BCUT2D eigenvalue weighted by Gasteiger charge is 2.20. The zero-order chi connectivity index (χ0) is 19.0. The van der Waals surface area contributed by atoms with Crippen LogP contribution in [0.4, 0.5) is 0 Å². The smallest absolute Gasteiger partial charge is 0.243 e. The minimum Gasteiger partial charge on any atom is -0.252 e. The lowest BCUT2D eigenvalue weighted by Gasteiger charge is -2.09. The van der Waals surface area contributed by atoms with Gasteiger partial charge in [0.15, 0.2) is 0 Å². The van der Waals surface area contributed by atoms with Gasteiger partial charge >= 0.3 is 0 Å². The highest BCUT2D eigenvalue weighted by Crippen LogP contribution is 2.31. The number of hydrogen-bond acceptors (Lipinski definition) is 6. The minimum absolute atomic E-state index is 0.198. The fraction of sp³-hybridized carbons (Fsp3) is 0.158. The summed E-state index contributed by atoms with van der Waals surface area (Å²) in [5.74, 6) is 0. The van der Waals surface area contributed by atoms with E-state index in [4.69, 9.17) is 0 Å². The Balaban J connectivity index is 1.63. The minimum atomic E-state index is -3.69. The van der Waals surface area contributed by atoms with Crippen LogP contribution in [0.5, 0.6) is 0 Å². The van der Waals surface area contributed by atoms with E-state index in [1.54, 1.807) is 23.5 Å². The summed E-state index contributed by atoms with van der Waals surface area (Å²) >= 11 is 3.14. The predicted octanol–water partition coefficient (Wildman–Crippen LogP) is 4.52. The molecule has 0 unspecified atom stereocenters. The Labute approximate surface area is 165 Å². The number of nitrogens with zero attached hydrogens (tertiary/aromatic N) is 2. The van der Waals surface area contributed by atoms with Crippen LogP contribution in [0.2, 0.25) is 0 Å². The molecule has 3 aromatic heterocycles. The van der Waals surface area contributed by atoms with E-state index in [-0.39, 0.29) is 11.4 Å². The maximum atomic E-state index is 12.9. The van der Waals surface area contributed by atoms with Crippen molar-refractivity contribution in [2.75, 3.05) is 0 Å². The molecule has 0 spiro atoms. The SMILES string of the molecule is Cc1ccc2cccc(S(=O)(=O)NCc3sc(-c4cccs4)nc3C)c2n1. The van der Waals surface area contributed by atoms with E-state index in [9.17, 15) is 8.42 Å². The van der Waals surface area contributed by atoms with E-state index >= 15 is 0 Å². The van der Waals surface area contributed by atoms with E-state index < -0.39 is 10.0 Å². The zero-order valence-electron chi connectivity index (χ0n) is 14.8. The van der Waals surface area contributed by atoms with Crippen LogP contribution in [0.1, 0.15) is 16.3 Å². The van der Waals surface area contributed by atoms with Gasteiger partial charge in [-0.1, -0.05) is 24.3 Å². The first-order valence-electron chi connectivity index (χ1n) is 8.30. The molecular formula is C19H17N3O2S3. The molecular weight excluding hydrogens is 398 g/mol. The molecule has 0 aliphatic carbocycles. The molecule has 4 rings (SSSR count). The van der Waals surface area contributed by atoms with Crippen molar-refractivity contribution in [3.8, 4) is 9.88 Å². The molecule has 0 aliphatic heterocycles. The first-order chi connectivity index (χ1) is 12.9. The predicted molar refractivity (Wildman–Crippen MR) is 111 cm³/mol. The number of benzene rings is 1. The molecule has 0 atom stereocenters. The van der Waals surface area contributed by atoms with Crippen LogP contribution in [-0.4, -0.2) is 18.4 Å². The fourth-order valence-electron chi connectivity index (χ4n) is 2.77. The van der Waals surface area contributed by atoms with Crippen LogP contribution >= 0.6 is 22.7 Å². The highest BCUT2D eigenvalue weighted by atomic mass is 32.2. The second-order valence-corrected chi connectivity index (χ2v) is 9.88. The summed E-state index contributed by atoms with van der Waals surface area (Å²) in [6.45, 7) is 3.96. The number of aromatic nitrogens is 2. The number of thiazole rings is 1. The molecule has 0 radical (unpaired) electrons. The van der Waals surface area contributed by atoms with E-state index in [0.29, 0.717) is 5.52 Å². The van der Waals surface area contributed by atoms with Crippen LogP contribution in [0, 0.1) is 13.8 Å². The molecule has 5 nitrogen and oxygen atoms in total. The largest absolute Gasteiger partial charge is 0.252 e. The quantitative estimate of drug-likeness (QED) is 0.520. The lowest BCUT2D eigenvalue weighted by atomic mass is 10.2. The molecule has 0 amide bonds. The van der Waals surface area contributed by atoms with Crippen molar-refractivity contribution < 1.29 is 8.42 Å². The number of hydrogen-bond donors (Lipinski definition) is 1. The van der Waals surface area contributed by atoms with Crippen molar-refractivity contribution in [2.45, 2.75) is 25.3 Å². The van der Waals surface area contributed by atoms with Crippen LogP contribution in [0.15, 0.2) is 52.7 Å².